The molecule has 1 aromatic heterocycles. The fourth-order valence-corrected chi connectivity index (χ4v) is 5.02. The van der Waals surface area contributed by atoms with E-state index < -0.39 is 0 Å². The van der Waals surface area contributed by atoms with Crippen molar-refractivity contribution in [3.05, 3.63) is 69.8 Å². The summed E-state index contributed by atoms with van der Waals surface area (Å²) >= 11 is 6.79. The van der Waals surface area contributed by atoms with Gasteiger partial charge in [0.2, 0.25) is 0 Å². The molecule has 2 aromatic carbocycles. The first-order chi connectivity index (χ1) is 14.5. The van der Waals surface area contributed by atoms with Crippen LogP contribution in [0.1, 0.15) is 39.6 Å². The molecule has 0 bridgehead atoms. The van der Waals surface area contributed by atoms with E-state index in [1.54, 1.807) is 0 Å². The van der Waals surface area contributed by atoms with Gasteiger partial charge in [0.05, 0.1) is 16.4 Å². The lowest BCUT2D eigenvalue weighted by molar-refractivity contribution is 0.101. The number of hydrogen-bond acceptors (Lipinski definition) is 3. The van der Waals surface area contributed by atoms with Crippen molar-refractivity contribution in [2.45, 2.75) is 32.2 Å². The number of fused-ring (bicyclic) bond motifs is 2. The van der Waals surface area contributed by atoms with E-state index in [9.17, 15) is 4.79 Å². The Morgan fingerprint density at radius 2 is 1.87 bits per heavy atom. The Labute approximate surface area is 181 Å². The molecule has 3 aromatic rings. The molecule has 1 N–H and O–H groups in total. The molecule has 0 spiro atoms. The van der Waals surface area contributed by atoms with Gasteiger partial charge < -0.3 is 14.8 Å². The third-order valence-electron chi connectivity index (χ3n) is 6.33. The maximum absolute atomic E-state index is 13.1. The van der Waals surface area contributed by atoms with Gasteiger partial charge in [-0.1, -0.05) is 41.9 Å². The highest BCUT2D eigenvalue weighted by Gasteiger charge is 2.25. The van der Waals surface area contributed by atoms with Gasteiger partial charge in [-0.3, -0.25) is 4.79 Å². The number of halogens is 1. The number of imidazole rings is 1. The lowest BCUT2D eigenvalue weighted by Crippen LogP contribution is -2.27. The number of carbonyl (C=O) groups is 1. The number of aryl methyl sites for hydroxylation is 1. The average molecular weight is 421 g/mol. The van der Waals surface area contributed by atoms with Gasteiger partial charge in [0.25, 0.3) is 5.91 Å². The third kappa shape index (κ3) is 3.22. The summed E-state index contributed by atoms with van der Waals surface area (Å²) in [6.45, 7) is 1.74. The summed E-state index contributed by atoms with van der Waals surface area (Å²) in [6.07, 6.45) is 4.28. The summed E-state index contributed by atoms with van der Waals surface area (Å²) in [5, 5.41) is 3.57. The van der Waals surface area contributed by atoms with Gasteiger partial charge in [-0.25, -0.2) is 4.98 Å². The second-order valence-electron chi connectivity index (χ2n) is 8.29. The van der Waals surface area contributed by atoms with Crippen molar-refractivity contribution in [1.82, 2.24) is 14.5 Å². The van der Waals surface area contributed by atoms with Crippen molar-refractivity contribution >= 4 is 23.2 Å². The van der Waals surface area contributed by atoms with E-state index in [0.29, 0.717) is 16.5 Å². The van der Waals surface area contributed by atoms with Gasteiger partial charge in [-0.2, -0.15) is 0 Å². The van der Waals surface area contributed by atoms with Crippen molar-refractivity contribution in [2.24, 2.45) is 7.05 Å². The van der Waals surface area contributed by atoms with Crippen LogP contribution in [0.2, 0.25) is 5.02 Å². The zero-order valence-corrected chi connectivity index (χ0v) is 18.1. The number of nitrogens with zero attached hydrogens (tertiary/aromatic N) is 3. The molecule has 0 radical (unpaired) electrons. The van der Waals surface area contributed by atoms with Crippen LogP contribution in [0.4, 0.5) is 5.69 Å². The molecule has 2 aliphatic rings. The third-order valence-corrected chi connectivity index (χ3v) is 6.74. The average Bonchev–Trinajstić information content (AvgIpc) is 3.34. The van der Waals surface area contributed by atoms with E-state index in [1.165, 1.54) is 23.1 Å². The summed E-state index contributed by atoms with van der Waals surface area (Å²) in [5.74, 6) is 0.198. The van der Waals surface area contributed by atoms with Gasteiger partial charge in [0, 0.05) is 37.8 Å². The Kier molecular flexibility index (Phi) is 4.88. The van der Waals surface area contributed by atoms with Gasteiger partial charge in [-0.15, -0.1) is 0 Å². The quantitative estimate of drug-likeness (QED) is 0.680. The summed E-state index contributed by atoms with van der Waals surface area (Å²) in [7, 11) is 3.99. The normalized spacial score (nSPS) is 15.7. The minimum absolute atomic E-state index is 0.230. The van der Waals surface area contributed by atoms with Crippen LogP contribution in [0, 0.1) is 0 Å². The van der Waals surface area contributed by atoms with Crippen LogP contribution in [0.15, 0.2) is 36.4 Å². The molecule has 154 valence electrons. The predicted octanol–water partition coefficient (Wildman–Crippen LogP) is 4.47. The van der Waals surface area contributed by atoms with Gasteiger partial charge in [0.1, 0.15) is 0 Å². The van der Waals surface area contributed by atoms with Crippen LogP contribution in [-0.4, -0.2) is 34.0 Å². The molecule has 5 nitrogen and oxygen atoms in total. The summed E-state index contributed by atoms with van der Waals surface area (Å²) in [6, 6.07) is 12.2. The minimum atomic E-state index is -0.230. The highest BCUT2D eigenvalue weighted by molar-refractivity contribution is 6.36. The number of benzene rings is 2. The molecule has 30 heavy (non-hydrogen) atoms. The Bertz CT molecular complexity index is 1150. The standard InChI is InChI=1S/C24H25ClN4O/c1-28-13-12-21-20(14-28)26-23(29(21)2)24(30)27-19-11-5-10-18(22(19)25)17-9-4-7-15-6-3-8-16(15)17/h4-5,7,9-11H,3,6,8,12-14H2,1-2H3,(H,27,30). The van der Waals surface area contributed by atoms with E-state index in [2.05, 4.69) is 40.4 Å². The van der Waals surface area contributed by atoms with Crippen LogP contribution in [-0.2, 0) is 32.9 Å². The number of hydrogen-bond donors (Lipinski definition) is 1. The Morgan fingerprint density at radius 3 is 2.73 bits per heavy atom. The number of likely N-dealkylation sites (N-methyl/N-ethyl adjacent to an activating group) is 1. The monoisotopic (exact) mass is 420 g/mol. The molecular formula is C24H25ClN4O. The van der Waals surface area contributed by atoms with Crippen LogP contribution in [0.5, 0.6) is 0 Å². The lowest BCUT2D eigenvalue weighted by Gasteiger charge is -2.21. The molecule has 0 saturated heterocycles. The second kappa shape index (κ2) is 7.56. The first-order valence-corrected chi connectivity index (χ1v) is 10.8. The Morgan fingerprint density at radius 1 is 1.07 bits per heavy atom. The van der Waals surface area contributed by atoms with Crippen molar-refractivity contribution in [2.75, 3.05) is 18.9 Å². The largest absolute Gasteiger partial charge is 0.327 e. The zero-order valence-electron chi connectivity index (χ0n) is 17.3. The van der Waals surface area contributed by atoms with Crippen molar-refractivity contribution in [1.29, 1.82) is 0 Å². The lowest BCUT2D eigenvalue weighted by atomic mass is 9.96. The number of aromatic nitrogens is 2. The Balaban J connectivity index is 1.46. The van der Waals surface area contributed by atoms with Gasteiger partial charge >= 0.3 is 0 Å². The highest BCUT2D eigenvalue weighted by Crippen LogP contribution is 2.39. The molecule has 6 heteroatoms. The van der Waals surface area contributed by atoms with Crippen molar-refractivity contribution in [3.63, 3.8) is 0 Å². The SMILES string of the molecule is CN1CCc2c(nc(C(=O)Nc3cccc(-c4cccc5c4CCC5)c3Cl)n2C)C1. The molecule has 0 unspecified atom stereocenters. The van der Waals surface area contributed by atoms with E-state index in [0.717, 1.165) is 49.3 Å². The fraction of sp³-hybridized carbons (Fsp3) is 0.333. The highest BCUT2D eigenvalue weighted by atomic mass is 35.5. The van der Waals surface area contributed by atoms with Crippen molar-refractivity contribution in [3.8, 4) is 11.1 Å². The molecule has 2 heterocycles. The van der Waals surface area contributed by atoms with Gasteiger partial charge in [0.15, 0.2) is 5.82 Å². The Hall–Kier alpha value is -2.63. The number of rotatable bonds is 3. The molecule has 1 amide bonds. The second-order valence-corrected chi connectivity index (χ2v) is 8.67. The van der Waals surface area contributed by atoms with E-state index >= 15 is 0 Å². The van der Waals surface area contributed by atoms with E-state index in [-0.39, 0.29) is 5.91 Å². The minimum Gasteiger partial charge on any atom is -0.327 e. The van der Waals surface area contributed by atoms with Crippen molar-refractivity contribution < 1.29 is 4.79 Å². The smallest absolute Gasteiger partial charge is 0.291 e. The van der Waals surface area contributed by atoms with Crippen LogP contribution < -0.4 is 5.32 Å². The first kappa shape index (κ1) is 19.3. The molecule has 5 rings (SSSR count). The van der Waals surface area contributed by atoms with Crippen LogP contribution in [0.25, 0.3) is 11.1 Å². The van der Waals surface area contributed by atoms with Crippen LogP contribution >= 0.6 is 11.6 Å². The van der Waals surface area contributed by atoms with E-state index in [4.69, 9.17) is 11.6 Å². The topological polar surface area (TPSA) is 50.2 Å². The zero-order chi connectivity index (χ0) is 20.8. The summed E-state index contributed by atoms with van der Waals surface area (Å²) < 4.78 is 1.92. The van der Waals surface area contributed by atoms with E-state index in [1.807, 2.05) is 29.8 Å². The number of nitrogens with one attached hydrogen (secondary N) is 1. The number of anilines is 1. The molecule has 1 aliphatic heterocycles. The predicted molar refractivity (Wildman–Crippen MR) is 120 cm³/mol. The summed E-state index contributed by atoms with van der Waals surface area (Å²) in [4.78, 5) is 19.9. The number of carbonyl (C=O) groups excluding carboxylic acids is 1. The van der Waals surface area contributed by atoms with Gasteiger partial charge in [-0.05, 0) is 49.1 Å². The van der Waals surface area contributed by atoms with Crippen LogP contribution in [0.3, 0.4) is 0 Å². The first-order valence-electron chi connectivity index (χ1n) is 10.5. The molecule has 0 fully saturated rings. The molecule has 1 aliphatic carbocycles. The molecular weight excluding hydrogens is 396 g/mol. The maximum Gasteiger partial charge on any atom is 0.291 e. The molecule has 0 atom stereocenters. The molecule has 0 saturated carbocycles. The maximum atomic E-state index is 13.1. The summed E-state index contributed by atoms with van der Waals surface area (Å²) in [5.41, 5.74) is 7.66. The fourth-order valence-electron chi connectivity index (χ4n) is 4.75. The number of amides is 1.